The molecule has 74 heavy (non-hydrogen) atoms. The first-order valence-corrected chi connectivity index (χ1v) is 25.0. The Balaban J connectivity index is 0.916. The Labute approximate surface area is 430 Å². The molecule has 0 spiro atoms. The molecule has 0 saturated heterocycles. The summed E-state index contributed by atoms with van der Waals surface area (Å²) in [5.41, 5.74) is 19.3. The maximum Gasteiger partial charge on any atom is 0.159 e. The molecule has 0 radical (unpaired) electrons. The SMILES string of the molecule is c1ccc(-c2ncc(-c3ccc(-c4ccc5c(-c6ccccc6)c6cc(-c7ccc(-c8cnc(-c9ccccc9)nc8-c8ccccc8)cc7)ccc6c(-c6ccccc6)c5c4)cc3)c(-c3ccccc3)n2)cc1. The number of aromatic nitrogens is 4. The molecule has 0 aliphatic carbocycles. The zero-order chi connectivity index (χ0) is 49.2. The second-order valence-electron chi connectivity index (χ2n) is 18.5. The van der Waals surface area contributed by atoms with Crippen LogP contribution >= 0.6 is 0 Å². The highest BCUT2D eigenvalue weighted by Crippen LogP contribution is 2.46. The van der Waals surface area contributed by atoms with Gasteiger partial charge in [0.1, 0.15) is 0 Å². The lowest BCUT2D eigenvalue weighted by atomic mass is 9.83. The third kappa shape index (κ3) is 8.40. The summed E-state index contributed by atoms with van der Waals surface area (Å²) in [7, 11) is 0. The van der Waals surface area contributed by atoms with Gasteiger partial charge in [0.15, 0.2) is 11.6 Å². The third-order valence-corrected chi connectivity index (χ3v) is 14.0. The van der Waals surface area contributed by atoms with Crippen LogP contribution in [-0.4, -0.2) is 19.9 Å². The summed E-state index contributed by atoms with van der Waals surface area (Å²) in [4.78, 5) is 20.0. The minimum absolute atomic E-state index is 0.707. The van der Waals surface area contributed by atoms with E-state index in [2.05, 4.69) is 218 Å². The first-order chi connectivity index (χ1) is 36.7. The van der Waals surface area contributed by atoms with Gasteiger partial charge in [-0.15, -0.1) is 0 Å². The molecule has 0 unspecified atom stereocenters. The standard InChI is InChI=1S/C70H46N4/c1-7-19-51(20-8-1)65-59-41-39-58(48-33-37-50(38-34-48)64-46-72-70(56-29-17-6-18-30-56)74-68(64)54-25-13-4-14-26-54)44-62(59)66(52-21-9-2-10-22-52)60-42-40-57(43-61(60)65)47-31-35-49(36-32-47)63-45-71-69(55-27-15-5-16-28-55)73-67(63)53-23-11-3-12-24-53/h1-46H. The second kappa shape index (κ2) is 19.4. The molecule has 13 aromatic rings. The van der Waals surface area contributed by atoms with Crippen molar-refractivity contribution in [3.63, 3.8) is 0 Å². The molecule has 0 N–H and O–H groups in total. The summed E-state index contributed by atoms with van der Waals surface area (Å²) in [6, 6.07) is 94.5. The van der Waals surface area contributed by atoms with Crippen molar-refractivity contribution in [2.24, 2.45) is 0 Å². The summed E-state index contributed by atoms with van der Waals surface area (Å²) in [5, 5.41) is 4.80. The van der Waals surface area contributed by atoms with Crippen LogP contribution < -0.4 is 0 Å². The van der Waals surface area contributed by atoms with E-state index in [0.29, 0.717) is 11.6 Å². The van der Waals surface area contributed by atoms with Crippen LogP contribution in [0.1, 0.15) is 0 Å². The number of fused-ring (bicyclic) bond motifs is 2. The van der Waals surface area contributed by atoms with Crippen molar-refractivity contribution in [2.75, 3.05) is 0 Å². The highest BCUT2D eigenvalue weighted by Gasteiger charge is 2.20. The molecule has 4 nitrogen and oxygen atoms in total. The van der Waals surface area contributed by atoms with E-state index in [1.807, 2.05) is 60.9 Å². The van der Waals surface area contributed by atoms with Gasteiger partial charge in [0, 0.05) is 45.8 Å². The fourth-order valence-corrected chi connectivity index (χ4v) is 10.4. The van der Waals surface area contributed by atoms with E-state index in [4.69, 9.17) is 19.9 Å². The molecule has 13 rings (SSSR count). The smallest absolute Gasteiger partial charge is 0.159 e. The molecule has 4 heteroatoms. The van der Waals surface area contributed by atoms with Gasteiger partial charge in [-0.2, -0.15) is 0 Å². The van der Waals surface area contributed by atoms with Crippen LogP contribution in [-0.2, 0) is 0 Å². The Hall–Kier alpha value is -9.90. The van der Waals surface area contributed by atoms with Gasteiger partial charge in [-0.25, -0.2) is 19.9 Å². The van der Waals surface area contributed by atoms with Gasteiger partial charge < -0.3 is 0 Å². The van der Waals surface area contributed by atoms with E-state index in [1.165, 1.54) is 43.8 Å². The molecule has 0 aliphatic rings. The number of hydrogen-bond donors (Lipinski definition) is 0. The summed E-state index contributed by atoms with van der Waals surface area (Å²) in [6.07, 6.45) is 3.93. The highest BCUT2D eigenvalue weighted by atomic mass is 14.9. The topological polar surface area (TPSA) is 51.6 Å². The molecule has 0 amide bonds. The minimum Gasteiger partial charge on any atom is -0.236 e. The van der Waals surface area contributed by atoms with E-state index >= 15 is 0 Å². The summed E-state index contributed by atoms with van der Waals surface area (Å²) in [6.45, 7) is 0. The lowest BCUT2D eigenvalue weighted by Crippen LogP contribution is -1.96. The van der Waals surface area contributed by atoms with E-state index in [1.54, 1.807) is 0 Å². The van der Waals surface area contributed by atoms with E-state index in [-0.39, 0.29) is 0 Å². The van der Waals surface area contributed by atoms with Gasteiger partial charge in [-0.05, 0) is 89.3 Å². The van der Waals surface area contributed by atoms with Crippen molar-refractivity contribution >= 4 is 21.5 Å². The average molecular weight is 943 g/mol. The molecular formula is C70H46N4. The van der Waals surface area contributed by atoms with Crippen LogP contribution in [0.3, 0.4) is 0 Å². The molecule has 2 heterocycles. The molecule has 0 fully saturated rings. The van der Waals surface area contributed by atoms with Gasteiger partial charge >= 0.3 is 0 Å². The van der Waals surface area contributed by atoms with Crippen molar-refractivity contribution in [2.45, 2.75) is 0 Å². The normalized spacial score (nSPS) is 11.2. The Morgan fingerprint density at radius 3 is 0.824 bits per heavy atom. The zero-order valence-corrected chi connectivity index (χ0v) is 40.3. The van der Waals surface area contributed by atoms with Crippen LogP contribution in [0.2, 0.25) is 0 Å². The molecule has 0 saturated carbocycles. The fraction of sp³-hybridized carbons (Fsp3) is 0. The van der Waals surface area contributed by atoms with Crippen molar-refractivity contribution in [3.05, 3.63) is 279 Å². The van der Waals surface area contributed by atoms with Gasteiger partial charge in [0.25, 0.3) is 0 Å². The van der Waals surface area contributed by atoms with Crippen molar-refractivity contribution < 1.29 is 0 Å². The van der Waals surface area contributed by atoms with Crippen LogP contribution in [0, 0.1) is 0 Å². The van der Waals surface area contributed by atoms with Gasteiger partial charge in [-0.1, -0.05) is 255 Å². The second-order valence-corrected chi connectivity index (χ2v) is 18.5. The minimum atomic E-state index is 0.707. The van der Waals surface area contributed by atoms with Gasteiger partial charge in [-0.3, -0.25) is 0 Å². The van der Waals surface area contributed by atoms with Gasteiger partial charge in [0.2, 0.25) is 0 Å². The molecule has 346 valence electrons. The van der Waals surface area contributed by atoms with Crippen LogP contribution in [0.5, 0.6) is 0 Å². The number of nitrogens with zero attached hydrogens (tertiary/aromatic N) is 4. The van der Waals surface area contributed by atoms with Crippen LogP contribution in [0.15, 0.2) is 279 Å². The fourth-order valence-electron chi connectivity index (χ4n) is 10.4. The Morgan fingerprint density at radius 1 is 0.203 bits per heavy atom. The quantitative estimate of drug-likeness (QED) is 0.128. The zero-order valence-electron chi connectivity index (χ0n) is 40.3. The number of benzene rings is 11. The monoisotopic (exact) mass is 942 g/mol. The van der Waals surface area contributed by atoms with Crippen molar-refractivity contribution in [1.29, 1.82) is 0 Å². The first kappa shape index (κ1) is 44.1. The van der Waals surface area contributed by atoms with Crippen molar-refractivity contribution in [3.8, 4) is 112 Å². The summed E-state index contributed by atoms with van der Waals surface area (Å²) < 4.78 is 0. The third-order valence-electron chi connectivity index (χ3n) is 14.0. The lowest BCUT2D eigenvalue weighted by molar-refractivity contribution is 1.18. The van der Waals surface area contributed by atoms with Crippen molar-refractivity contribution in [1.82, 2.24) is 19.9 Å². The van der Waals surface area contributed by atoms with E-state index in [9.17, 15) is 0 Å². The average Bonchev–Trinajstić information content (AvgIpc) is 3.49. The lowest BCUT2D eigenvalue weighted by Gasteiger charge is -2.20. The van der Waals surface area contributed by atoms with E-state index < -0.39 is 0 Å². The number of hydrogen-bond acceptors (Lipinski definition) is 4. The molecule has 0 aliphatic heterocycles. The molecular weight excluding hydrogens is 897 g/mol. The van der Waals surface area contributed by atoms with Crippen LogP contribution in [0.25, 0.3) is 134 Å². The highest BCUT2D eigenvalue weighted by molar-refractivity contribution is 6.22. The molecule has 11 aromatic carbocycles. The number of rotatable bonds is 10. The first-order valence-electron chi connectivity index (χ1n) is 25.0. The maximum absolute atomic E-state index is 5.15. The Morgan fingerprint density at radius 2 is 0.486 bits per heavy atom. The molecule has 0 atom stereocenters. The summed E-state index contributed by atoms with van der Waals surface area (Å²) >= 11 is 0. The molecule has 0 bridgehead atoms. The largest absolute Gasteiger partial charge is 0.236 e. The predicted octanol–water partition coefficient (Wildman–Crippen LogP) is 18.2. The predicted molar refractivity (Wildman–Crippen MR) is 307 cm³/mol. The van der Waals surface area contributed by atoms with Gasteiger partial charge in [0.05, 0.1) is 11.4 Å². The Kier molecular flexibility index (Phi) is 11.5. The van der Waals surface area contributed by atoms with E-state index in [0.717, 1.165) is 78.1 Å². The Bertz CT molecular complexity index is 3840. The maximum atomic E-state index is 5.15. The summed E-state index contributed by atoms with van der Waals surface area (Å²) in [5.74, 6) is 1.41. The molecule has 2 aromatic heterocycles. The van der Waals surface area contributed by atoms with Crippen LogP contribution in [0.4, 0.5) is 0 Å².